The number of benzene rings is 1. The molecule has 0 amide bonds. The Labute approximate surface area is 112 Å². The molecule has 0 unspecified atom stereocenters. The topological polar surface area (TPSA) is 70.1 Å². The van der Waals surface area contributed by atoms with Gasteiger partial charge in [0.25, 0.3) is 0 Å². The molecule has 0 atom stereocenters. The third-order valence-corrected chi connectivity index (χ3v) is 2.96. The second-order valence-corrected chi connectivity index (χ2v) is 4.29. The van der Waals surface area contributed by atoms with Crippen molar-refractivity contribution in [1.29, 1.82) is 0 Å². The van der Waals surface area contributed by atoms with E-state index >= 15 is 0 Å². The highest BCUT2D eigenvalue weighted by atomic mass is 16.3. The van der Waals surface area contributed by atoms with Gasteiger partial charge in [-0.15, -0.1) is 0 Å². The van der Waals surface area contributed by atoms with Crippen molar-refractivity contribution in [2.75, 3.05) is 24.2 Å². The number of hydrogen-bond acceptors (Lipinski definition) is 5. The first-order valence-electron chi connectivity index (χ1n) is 6.22. The molecule has 5 heteroatoms. The summed E-state index contributed by atoms with van der Waals surface area (Å²) < 4.78 is 0. The van der Waals surface area contributed by atoms with Crippen LogP contribution in [0, 0.1) is 6.92 Å². The second-order valence-electron chi connectivity index (χ2n) is 4.29. The van der Waals surface area contributed by atoms with E-state index in [0.29, 0.717) is 5.75 Å². The van der Waals surface area contributed by atoms with E-state index in [4.69, 9.17) is 0 Å². The molecular weight excluding hydrogens is 240 g/mol. The van der Waals surface area contributed by atoms with Gasteiger partial charge in [0.05, 0.1) is 0 Å². The molecule has 0 spiro atoms. The van der Waals surface area contributed by atoms with Crippen LogP contribution in [0.1, 0.15) is 11.1 Å². The zero-order valence-corrected chi connectivity index (χ0v) is 11.1. The van der Waals surface area contributed by atoms with Crippen molar-refractivity contribution in [1.82, 2.24) is 9.97 Å². The smallest absolute Gasteiger partial charge is 0.134 e. The van der Waals surface area contributed by atoms with Crippen molar-refractivity contribution in [2.24, 2.45) is 0 Å². The predicted octanol–water partition coefficient (Wildman–Crippen LogP) is 2.19. The number of phenolic OH excluding ortho intramolecular Hbond substituents is 1. The molecule has 100 valence electrons. The maximum atomic E-state index is 9.21. The van der Waals surface area contributed by atoms with Gasteiger partial charge in [0.15, 0.2) is 0 Å². The Kier molecular flexibility index (Phi) is 4.18. The van der Waals surface area contributed by atoms with Crippen LogP contribution in [0.4, 0.5) is 11.6 Å². The molecule has 2 aromatic rings. The minimum Gasteiger partial charge on any atom is -0.508 e. The first-order valence-corrected chi connectivity index (χ1v) is 6.22. The Hall–Kier alpha value is -2.30. The van der Waals surface area contributed by atoms with Crippen molar-refractivity contribution < 1.29 is 5.11 Å². The summed E-state index contributed by atoms with van der Waals surface area (Å²) in [6.45, 7) is 2.76. The molecule has 5 nitrogen and oxygen atoms in total. The maximum Gasteiger partial charge on any atom is 0.134 e. The van der Waals surface area contributed by atoms with Crippen molar-refractivity contribution in [3.63, 3.8) is 0 Å². The molecule has 3 N–H and O–H groups in total. The van der Waals surface area contributed by atoms with Gasteiger partial charge in [-0.2, -0.15) is 0 Å². The Balaban J connectivity index is 1.94. The van der Waals surface area contributed by atoms with E-state index in [1.165, 1.54) is 5.56 Å². The van der Waals surface area contributed by atoms with E-state index in [0.717, 1.165) is 30.2 Å². The van der Waals surface area contributed by atoms with Crippen LogP contribution in [0.2, 0.25) is 0 Å². The molecule has 2 rings (SSSR count). The van der Waals surface area contributed by atoms with E-state index in [9.17, 15) is 5.11 Å². The lowest BCUT2D eigenvalue weighted by atomic mass is 10.1. The van der Waals surface area contributed by atoms with Crippen molar-refractivity contribution >= 4 is 11.6 Å². The van der Waals surface area contributed by atoms with E-state index in [1.54, 1.807) is 18.5 Å². The SMILES string of the molecule is CNc1ncnc(NCCc2ccc(O)cc2)c1C. The molecule has 0 aliphatic rings. The van der Waals surface area contributed by atoms with Gasteiger partial charge < -0.3 is 15.7 Å². The summed E-state index contributed by atoms with van der Waals surface area (Å²) in [6.07, 6.45) is 2.42. The van der Waals surface area contributed by atoms with Crippen molar-refractivity contribution in [3.8, 4) is 5.75 Å². The zero-order chi connectivity index (χ0) is 13.7. The van der Waals surface area contributed by atoms with Crippen LogP contribution in [0.25, 0.3) is 0 Å². The molecule has 0 aliphatic carbocycles. The van der Waals surface area contributed by atoms with E-state index in [1.807, 2.05) is 26.1 Å². The first kappa shape index (κ1) is 13.1. The third-order valence-electron chi connectivity index (χ3n) is 2.96. The molecule has 1 aromatic heterocycles. The van der Waals surface area contributed by atoms with Gasteiger partial charge in [0.1, 0.15) is 23.7 Å². The fourth-order valence-electron chi connectivity index (χ4n) is 1.87. The molecule has 0 saturated heterocycles. The summed E-state index contributed by atoms with van der Waals surface area (Å²) in [7, 11) is 1.84. The third kappa shape index (κ3) is 3.34. The predicted molar refractivity (Wildman–Crippen MR) is 76.6 cm³/mol. The molecule has 0 fully saturated rings. The quantitative estimate of drug-likeness (QED) is 0.767. The monoisotopic (exact) mass is 258 g/mol. The summed E-state index contributed by atoms with van der Waals surface area (Å²) >= 11 is 0. The minimum atomic E-state index is 0.294. The van der Waals surface area contributed by atoms with Gasteiger partial charge in [-0.05, 0) is 31.0 Å². The number of hydrogen-bond donors (Lipinski definition) is 3. The standard InChI is InChI=1S/C14H18N4O/c1-10-13(15-2)17-9-18-14(10)16-8-7-11-3-5-12(19)6-4-11/h3-6,9,19H,7-8H2,1-2H3,(H2,15,16,17,18). The number of nitrogens with zero attached hydrogens (tertiary/aromatic N) is 2. The normalized spacial score (nSPS) is 10.2. The maximum absolute atomic E-state index is 9.21. The summed E-state index contributed by atoms with van der Waals surface area (Å²) in [4.78, 5) is 8.37. The van der Waals surface area contributed by atoms with Crippen LogP contribution >= 0.6 is 0 Å². The number of nitrogens with one attached hydrogen (secondary N) is 2. The minimum absolute atomic E-state index is 0.294. The van der Waals surface area contributed by atoms with Gasteiger partial charge >= 0.3 is 0 Å². The summed E-state index contributed by atoms with van der Waals surface area (Å²) in [5.74, 6) is 1.97. The molecule has 0 radical (unpaired) electrons. The van der Waals surface area contributed by atoms with Gasteiger partial charge in [-0.25, -0.2) is 9.97 Å². The molecule has 1 aromatic carbocycles. The number of anilines is 2. The van der Waals surface area contributed by atoms with Crippen LogP contribution in [0.15, 0.2) is 30.6 Å². The highest BCUT2D eigenvalue weighted by Crippen LogP contribution is 2.17. The average Bonchev–Trinajstić information content (AvgIpc) is 2.43. The largest absolute Gasteiger partial charge is 0.508 e. The fraction of sp³-hybridized carbons (Fsp3) is 0.286. The lowest BCUT2D eigenvalue weighted by molar-refractivity contribution is 0.475. The van der Waals surface area contributed by atoms with Gasteiger partial charge in [-0.3, -0.25) is 0 Å². The van der Waals surface area contributed by atoms with Crippen LogP contribution in [-0.2, 0) is 6.42 Å². The summed E-state index contributed by atoms with van der Waals surface area (Å²) in [5, 5.41) is 15.5. The Morgan fingerprint density at radius 3 is 2.47 bits per heavy atom. The number of aromatic nitrogens is 2. The van der Waals surface area contributed by atoms with Crippen LogP contribution < -0.4 is 10.6 Å². The van der Waals surface area contributed by atoms with Crippen LogP contribution in [0.5, 0.6) is 5.75 Å². The lowest BCUT2D eigenvalue weighted by Crippen LogP contribution is -2.09. The first-order chi connectivity index (χ1) is 9.20. The van der Waals surface area contributed by atoms with Crippen LogP contribution in [-0.4, -0.2) is 28.7 Å². The molecule has 0 saturated carbocycles. The van der Waals surface area contributed by atoms with Crippen molar-refractivity contribution in [2.45, 2.75) is 13.3 Å². The summed E-state index contributed by atoms with van der Waals surface area (Å²) in [6, 6.07) is 7.24. The molecule has 1 heterocycles. The average molecular weight is 258 g/mol. The van der Waals surface area contributed by atoms with E-state index in [2.05, 4.69) is 20.6 Å². The molecule has 0 aliphatic heterocycles. The number of rotatable bonds is 5. The zero-order valence-electron chi connectivity index (χ0n) is 11.1. The van der Waals surface area contributed by atoms with E-state index in [-0.39, 0.29) is 0 Å². The highest BCUT2D eigenvalue weighted by molar-refractivity contribution is 5.56. The Morgan fingerprint density at radius 2 is 1.79 bits per heavy atom. The second kappa shape index (κ2) is 6.04. The Morgan fingerprint density at radius 1 is 1.11 bits per heavy atom. The van der Waals surface area contributed by atoms with E-state index < -0.39 is 0 Å². The Bertz CT molecular complexity index is 540. The van der Waals surface area contributed by atoms with Gasteiger partial charge in [-0.1, -0.05) is 12.1 Å². The van der Waals surface area contributed by atoms with Gasteiger partial charge in [0, 0.05) is 19.2 Å². The number of aromatic hydroxyl groups is 1. The fourth-order valence-corrected chi connectivity index (χ4v) is 1.87. The molecule has 19 heavy (non-hydrogen) atoms. The summed E-state index contributed by atoms with van der Waals surface area (Å²) in [5.41, 5.74) is 2.18. The highest BCUT2D eigenvalue weighted by Gasteiger charge is 2.04. The number of phenols is 1. The molecule has 0 bridgehead atoms. The molecular formula is C14H18N4O. The van der Waals surface area contributed by atoms with Crippen molar-refractivity contribution in [3.05, 3.63) is 41.7 Å². The van der Waals surface area contributed by atoms with Crippen LogP contribution in [0.3, 0.4) is 0 Å². The van der Waals surface area contributed by atoms with Gasteiger partial charge in [0.2, 0.25) is 0 Å². The lowest BCUT2D eigenvalue weighted by Gasteiger charge is -2.11.